The van der Waals surface area contributed by atoms with Crippen LogP contribution in [-0.2, 0) is 0 Å². The Balaban J connectivity index is 2.28. The fourth-order valence-electron chi connectivity index (χ4n) is 2.06. The molecule has 1 N–H and O–H groups in total. The van der Waals surface area contributed by atoms with Gasteiger partial charge in [0.2, 0.25) is 0 Å². The molecule has 1 unspecified atom stereocenters. The Bertz CT molecular complexity index is 588. The Hall–Kier alpha value is -1.17. The number of hydrogen-bond donors (Lipinski definition) is 1. The van der Waals surface area contributed by atoms with Crippen LogP contribution in [0.3, 0.4) is 0 Å². The van der Waals surface area contributed by atoms with Crippen molar-refractivity contribution >= 4 is 22.9 Å². The van der Waals surface area contributed by atoms with Gasteiger partial charge in [-0.1, -0.05) is 36.8 Å². The van der Waals surface area contributed by atoms with E-state index in [0.29, 0.717) is 5.02 Å². The van der Waals surface area contributed by atoms with Gasteiger partial charge in [0.05, 0.1) is 18.7 Å². The van der Waals surface area contributed by atoms with Crippen LogP contribution < -0.4 is 10.1 Å². The molecule has 21 heavy (non-hydrogen) atoms. The predicted molar refractivity (Wildman–Crippen MR) is 88.2 cm³/mol. The van der Waals surface area contributed by atoms with Crippen LogP contribution in [-0.4, -0.2) is 23.9 Å². The Morgan fingerprint density at radius 3 is 2.81 bits per heavy atom. The largest absolute Gasteiger partial charge is 0.496 e. The first-order chi connectivity index (χ1) is 10.2. The van der Waals surface area contributed by atoms with Crippen molar-refractivity contribution in [2.75, 3.05) is 13.7 Å². The van der Waals surface area contributed by atoms with Crippen molar-refractivity contribution in [1.29, 1.82) is 0 Å². The summed E-state index contributed by atoms with van der Waals surface area (Å²) in [6.07, 6.45) is 2.09. The molecule has 1 aromatic carbocycles. The lowest BCUT2D eigenvalue weighted by molar-refractivity contribution is 0.416. The first kappa shape index (κ1) is 16.2. The zero-order valence-corrected chi connectivity index (χ0v) is 14.1. The number of benzene rings is 1. The molecule has 0 spiro atoms. The zero-order chi connectivity index (χ0) is 15.2. The molecule has 0 amide bonds. The van der Waals surface area contributed by atoms with Crippen LogP contribution >= 0.6 is 22.9 Å². The van der Waals surface area contributed by atoms with Gasteiger partial charge in [0, 0.05) is 5.02 Å². The quantitative estimate of drug-likeness (QED) is 0.823. The molecule has 0 aliphatic heterocycles. The number of nitrogens with one attached hydrogen (secondary N) is 1. The minimum atomic E-state index is 0.251. The summed E-state index contributed by atoms with van der Waals surface area (Å²) in [6, 6.07) is 5.78. The number of aromatic nitrogens is 2. The summed E-state index contributed by atoms with van der Waals surface area (Å²) in [5.74, 6) is 0.761. The Labute approximate surface area is 134 Å². The smallest absolute Gasteiger partial charge is 0.151 e. The SMILES string of the molecule is CCCNC(CC)c1nnc(-c2cc(Cl)ccc2OC)s1. The summed E-state index contributed by atoms with van der Waals surface area (Å²) in [4.78, 5) is 0. The van der Waals surface area contributed by atoms with Crippen LogP contribution in [0.15, 0.2) is 18.2 Å². The average molecular weight is 326 g/mol. The molecule has 0 saturated heterocycles. The van der Waals surface area contributed by atoms with E-state index in [0.717, 1.165) is 40.7 Å². The first-order valence-electron chi connectivity index (χ1n) is 7.10. The molecule has 2 rings (SSSR count). The molecule has 0 fully saturated rings. The number of rotatable bonds is 7. The summed E-state index contributed by atoms with van der Waals surface area (Å²) in [5, 5.41) is 14.6. The molecule has 0 saturated carbocycles. The Morgan fingerprint density at radius 1 is 1.33 bits per heavy atom. The van der Waals surface area contributed by atoms with Crippen molar-refractivity contribution in [3.63, 3.8) is 0 Å². The first-order valence-corrected chi connectivity index (χ1v) is 8.29. The summed E-state index contributed by atoms with van der Waals surface area (Å²) in [5.41, 5.74) is 0.888. The molecule has 2 aromatic rings. The van der Waals surface area contributed by atoms with E-state index in [2.05, 4.69) is 29.4 Å². The van der Waals surface area contributed by atoms with Crippen LogP contribution in [0, 0.1) is 0 Å². The van der Waals surface area contributed by atoms with E-state index in [-0.39, 0.29) is 6.04 Å². The molecule has 4 nitrogen and oxygen atoms in total. The highest BCUT2D eigenvalue weighted by Crippen LogP contribution is 2.35. The lowest BCUT2D eigenvalue weighted by Crippen LogP contribution is -2.21. The topological polar surface area (TPSA) is 47.0 Å². The average Bonchev–Trinajstić information content (AvgIpc) is 2.97. The lowest BCUT2D eigenvalue weighted by Gasteiger charge is -2.12. The van der Waals surface area contributed by atoms with E-state index >= 15 is 0 Å². The maximum absolute atomic E-state index is 6.08. The second-order valence-corrected chi connectivity index (χ2v) is 6.15. The third kappa shape index (κ3) is 3.93. The summed E-state index contributed by atoms with van der Waals surface area (Å²) in [6.45, 7) is 5.28. The molecular weight excluding hydrogens is 306 g/mol. The maximum Gasteiger partial charge on any atom is 0.151 e. The molecule has 0 aliphatic rings. The van der Waals surface area contributed by atoms with Gasteiger partial charge in [-0.25, -0.2) is 0 Å². The number of ether oxygens (including phenoxy) is 1. The fourth-order valence-corrected chi connectivity index (χ4v) is 3.25. The second kappa shape index (κ2) is 7.73. The van der Waals surface area contributed by atoms with Gasteiger partial charge < -0.3 is 10.1 Å². The zero-order valence-electron chi connectivity index (χ0n) is 12.5. The molecule has 0 radical (unpaired) electrons. The summed E-state index contributed by atoms with van der Waals surface area (Å²) in [7, 11) is 1.65. The van der Waals surface area contributed by atoms with Gasteiger partial charge in [-0.15, -0.1) is 10.2 Å². The van der Waals surface area contributed by atoms with Crippen molar-refractivity contribution in [2.45, 2.75) is 32.7 Å². The summed E-state index contributed by atoms with van der Waals surface area (Å²) >= 11 is 7.66. The number of hydrogen-bond acceptors (Lipinski definition) is 5. The molecule has 114 valence electrons. The van der Waals surface area contributed by atoms with Gasteiger partial charge in [-0.2, -0.15) is 0 Å². The van der Waals surface area contributed by atoms with Crippen LogP contribution in [0.5, 0.6) is 5.75 Å². The van der Waals surface area contributed by atoms with E-state index in [9.17, 15) is 0 Å². The van der Waals surface area contributed by atoms with Crippen LogP contribution in [0.1, 0.15) is 37.7 Å². The van der Waals surface area contributed by atoms with E-state index in [1.807, 2.05) is 18.2 Å². The van der Waals surface area contributed by atoms with Crippen molar-refractivity contribution in [1.82, 2.24) is 15.5 Å². The van der Waals surface area contributed by atoms with Gasteiger partial charge in [0.1, 0.15) is 10.8 Å². The molecule has 1 heterocycles. The minimum Gasteiger partial charge on any atom is -0.496 e. The predicted octanol–water partition coefficient (Wildman–Crippen LogP) is 4.32. The number of methoxy groups -OCH3 is 1. The van der Waals surface area contributed by atoms with Gasteiger partial charge in [-0.3, -0.25) is 0 Å². The molecule has 0 bridgehead atoms. The standard InChI is InChI=1S/C15H20ClN3OS/c1-4-8-17-12(5-2)15-19-18-14(21-15)11-9-10(16)6-7-13(11)20-3/h6-7,9,12,17H,4-5,8H2,1-3H3. The highest BCUT2D eigenvalue weighted by Gasteiger charge is 2.17. The Morgan fingerprint density at radius 2 is 2.14 bits per heavy atom. The van der Waals surface area contributed by atoms with Crippen molar-refractivity contribution in [3.05, 3.63) is 28.2 Å². The third-order valence-corrected chi connectivity index (χ3v) is 4.48. The highest BCUT2D eigenvalue weighted by molar-refractivity contribution is 7.14. The molecule has 0 aliphatic carbocycles. The lowest BCUT2D eigenvalue weighted by atomic mass is 10.2. The third-order valence-electron chi connectivity index (χ3n) is 3.18. The second-order valence-electron chi connectivity index (χ2n) is 4.71. The van der Waals surface area contributed by atoms with E-state index in [1.54, 1.807) is 18.4 Å². The Kier molecular flexibility index (Phi) is 5.96. The number of halogens is 1. The fraction of sp³-hybridized carbons (Fsp3) is 0.467. The van der Waals surface area contributed by atoms with E-state index in [4.69, 9.17) is 16.3 Å². The van der Waals surface area contributed by atoms with Gasteiger partial charge in [-0.05, 0) is 37.6 Å². The van der Waals surface area contributed by atoms with E-state index < -0.39 is 0 Å². The maximum atomic E-state index is 6.08. The van der Waals surface area contributed by atoms with Crippen molar-refractivity contribution in [3.8, 4) is 16.3 Å². The van der Waals surface area contributed by atoms with Gasteiger partial charge in [0.15, 0.2) is 5.01 Å². The van der Waals surface area contributed by atoms with Gasteiger partial charge in [0.25, 0.3) is 0 Å². The van der Waals surface area contributed by atoms with Crippen molar-refractivity contribution in [2.24, 2.45) is 0 Å². The minimum absolute atomic E-state index is 0.251. The normalized spacial score (nSPS) is 12.4. The van der Waals surface area contributed by atoms with E-state index in [1.165, 1.54) is 0 Å². The highest BCUT2D eigenvalue weighted by atomic mass is 35.5. The molecule has 1 atom stereocenters. The van der Waals surface area contributed by atoms with Crippen molar-refractivity contribution < 1.29 is 4.74 Å². The van der Waals surface area contributed by atoms with Crippen LogP contribution in [0.25, 0.3) is 10.6 Å². The van der Waals surface area contributed by atoms with Crippen LogP contribution in [0.2, 0.25) is 5.02 Å². The summed E-state index contributed by atoms with van der Waals surface area (Å²) < 4.78 is 5.38. The van der Waals surface area contributed by atoms with Gasteiger partial charge >= 0.3 is 0 Å². The molecular formula is C15H20ClN3OS. The monoisotopic (exact) mass is 325 g/mol. The molecule has 6 heteroatoms. The molecule has 1 aromatic heterocycles. The number of nitrogens with zero attached hydrogens (tertiary/aromatic N) is 2. The van der Waals surface area contributed by atoms with Crippen LogP contribution in [0.4, 0.5) is 0 Å².